The highest BCUT2D eigenvalue weighted by atomic mass is 16.5. The highest BCUT2D eigenvalue weighted by Crippen LogP contribution is 2.18. The molecule has 2 saturated heterocycles. The van der Waals surface area contributed by atoms with Crippen LogP contribution in [-0.4, -0.2) is 82.0 Å². The molecule has 5 heteroatoms. The van der Waals surface area contributed by atoms with Crippen molar-refractivity contribution in [3.63, 3.8) is 0 Å². The van der Waals surface area contributed by atoms with E-state index in [4.69, 9.17) is 15.2 Å². The predicted octanol–water partition coefficient (Wildman–Crippen LogP) is 1.18. The van der Waals surface area contributed by atoms with Gasteiger partial charge in [-0.3, -0.25) is 9.80 Å². The zero-order chi connectivity index (χ0) is 15.5. The van der Waals surface area contributed by atoms with Gasteiger partial charge in [0.1, 0.15) is 0 Å². The molecule has 0 saturated carbocycles. The lowest BCUT2D eigenvalue weighted by molar-refractivity contribution is 0.0352. The van der Waals surface area contributed by atoms with Gasteiger partial charge < -0.3 is 15.2 Å². The van der Waals surface area contributed by atoms with Crippen molar-refractivity contribution in [2.75, 3.05) is 72.2 Å². The molecule has 0 atom stereocenters. The summed E-state index contributed by atoms with van der Waals surface area (Å²) in [5.41, 5.74) is 5.80. The van der Waals surface area contributed by atoms with Gasteiger partial charge in [-0.2, -0.15) is 0 Å². The Hall–Kier alpha value is -0.200. The molecule has 2 heterocycles. The van der Waals surface area contributed by atoms with Crippen LogP contribution in [0.15, 0.2) is 0 Å². The summed E-state index contributed by atoms with van der Waals surface area (Å²) in [6.07, 6.45) is 6.46. The van der Waals surface area contributed by atoms with E-state index in [-0.39, 0.29) is 0 Å². The van der Waals surface area contributed by atoms with Gasteiger partial charge in [0.05, 0.1) is 26.4 Å². The van der Waals surface area contributed by atoms with Crippen LogP contribution >= 0.6 is 0 Å². The molecule has 0 aromatic rings. The Morgan fingerprint density at radius 1 is 0.727 bits per heavy atom. The SMILES string of the molecule is NCCC(CCCN1CCOCC1)CCCN1CCOCC1. The molecule has 130 valence electrons. The van der Waals surface area contributed by atoms with Crippen LogP contribution in [0.1, 0.15) is 32.1 Å². The first-order valence-electron chi connectivity index (χ1n) is 9.19. The summed E-state index contributed by atoms with van der Waals surface area (Å²) >= 11 is 0. The fourth-order valence-corrected chi connectivity index (χ4v) is 3.53. The lowest BCUT2D eigenvalue weighted by atomic mass is 9.94. The number of nitrogens with zero attached hydrogens (tertiary/aromatic N) is 2. The maximum atomic E-state index is 5.80. The fraction of sp³-hybridized carbons (Fsp3) is 1.00. The normalized spacial score (nSPS) is 21.5. The molecule has 0 aliphatic carbocycles. The summed E-state index contributed by atoms with van der Waals surface area (Å²) in [4.78, 5) is 5.08. The second-order valence-corrected chi connectivity index (χ2v) is 6.64. The molecule has 0 radical (unpaired) electrons. The highest BCUT2D eigenvalue weighted by Gasteiger charge is 2.14. The smallest absolute Gasteiger partial charge is 0.0594 e. The first kappa shape index (κ1) is 18.1. The maximum Gasteiger partial charge on any atom is 0.0594 e. The first-order valence-corrected chi connectivity index (χ1v) is 9.19. The lowest BCUT2D eigenvalue weighted by Crippen LogP contribution is -2.37. The lowest BCUT2D eigenvalue weighted by Gasteiger charge is -2.28. The summed E-state index contributed by atoms with van der Waals surface area (Å²) in [5, 5.41) is 0. The van der Waals surface area contributed by atoms with Gasteiger partial charge in [0.25, 0.3) is 0 Å². The minimum Gasteiger partial charge on any atom is -0.379 e. The van der Waals surface area contributed by atoms with Gasteiger partial charge >= 0.3 is 0 Å². The van der Waals surface area contributed by atoms with Gasteiger partial charge in [-0.1, -0.05) is 0 Å². The van der Waals surface area contributed by atoms with Gasteiger partial charge in [0.15, 0.2) is 0 Å². The van der Waals surface area contributed by atoms with E-state index in [9.17, 15) is 0 Å². The van der Waals surface area contributed by atoms with Crippen LogP contribution in [0.5, 0.6) is 0 Å². The third kappa shape index (κ3) is 7.38. The number of hydrogen-bond acceptors (Lipinski definition) is 5. The minimum absolute atomic E-state index is 0.812. The van der Waals surface area contributed by atoms with Crippen LogP contribution in [0.2, 0.25) is 0 Å². The van der Waals surface area contributed by atoms with Crippen molar-refractivity contribution in [2.45, 2.75) is 32.1 Å². The quantitative estimate of drug-likeness (QED) is 0.656. The molecule has 0 aromatic heterocycles. The molecule has 0 bridgehead atoms. The minimum atomic E-state index is 0.812. The molecule has 0 aromatic carbocycles. The van der Waals surface area contributed by atoms with Crippen molar-refractivity contribution in [1.82, 2.24) is 9.80 Å². The van der Waals surface area contributed by atoms with Gasteiger partial charge in [-0.05, 0) is 57.7 Å². The molecule has 2 aliphatic rings. The number of hydrogen-bond donors (Lipinski definition) is 1. The van der Waals surface area contributed by atoms with Crippen molar-refractivity contribution in [3.05, 3.63) is 0 Å². The molecule has 2 rings (SSSR count). The standard InChI is InChI=1S/C17H35N3O2/c18-6-5-17(3-1-7-19-9-13-21-14-10-19)4-2-8-20-11-15-22-16-12-20/h17H,1-16,18H2. The van der Waals surface area contributed by atoms with E-state index in [0.29, 0.717) is 0 Å². The average molecular weight is 313 g/mol. The predicted molar refractivity (Wildman–Crippen MR) is 90.1 cm³/mol. The summed E-state index contributed by atoms with van der Waals surface area (Å²) in [5.74, 6) is 0.812. The van der Waals surface area contributed by atoms with Crippen molar-refractivity contribution < 1.29 is 9.47 Å². The summed E-state index contributed by atoms with van der Waals surface area (Å²) in [6, 6.07) is 0. The van der Waals surface area contributed by atoms with E-state index in [0.717, 1.165) is 65.1 Å². The van der Waals surface area contributed by atoms with Crippen LogP contribution < -0.4 is 5.73 Å². The monoisotopic (exact) mass is 313 g/mol. The first-order chi connectivity index (χ1) is 10.9. The van der Waals surface area contributed by atoms with Crippen LogP contribution in [0.3, 0.4) is 0 Å². The average Bonchev–Trinajstić information content (AvgIpc) is 2.57. The topological polar surface area (TPSA) is 51.0 Å². The van der Waals surface area contributed by atoms with Crippen LogP contribution in [0, 0.1) is 5.92 Å². The molecule has 2 fully saturated rings. The van der Waals surface area contributed by atoms with Crippen molar-refractivity contribution in [3.8, 4) is 0 Å². The molecular formula is C17H35N3O2. The van der Waals surface area contributed by atoms with Crippen LogP contribution in [0.25, 0.3) is 0 Å². The van der Waals surface area contributed by atoms with Gasteiger partial charge in [0, 0.05) is 26.2 Å². The Bertz CT molecular complexity index is 243. The Kier molecular flexibility index (Phi) is 9.36. The Labute approximate surface area is 136 Å². The third-order valence-electron chi connectivity index (χ3n) is 4.96. The van der Waals surface area contributed by atoms with Crippen molar-refractivity contribution in [2.24, 2.45) is 11.7 Å². The van der Waals surface area contributed by atoms with Crippen molar-refractivity contribution >= 4 is 0 Å². The molecule has 2 aliphatic heterocycles. The molecule has 0 unspecified atom stereocenters. The molecule has 2 N–H and O–H groups in total. The second-order valence-electron chi connectivity index (χ2n) is 6.64. The molecule has 22 heavy (non-hydrogen) atoms. The third-order valence-corrected chi connectivity index (χ3v) is 4.96. The zero-order valence-corrected chi connectivity index (χ0v) is 14.2. The zero-order valence-electron chi connectivity index (χ0n) is 14.2. The van der Waals surface area contributed by atoms with Crippen molar-refractivity contribution in [1.29, 1.82) is 0 Å². The van der Waals surface area contributed by atoms with Crippen LogP contribution in [0.4, 0.5) is 0 Å². The van der Waals surface area contributed by atoms with E-state index in [1.807, 2.05) is 0 Å². The molecule has 0 spiro atoms. The Balaban J connectivity index is 1.55. The van der Waals surface area contributed by atoms with Gasteiger partial charge in [-0.25, -0.2) is 0 Å². The number of rotatable bonds is 10. The van der Waals surface area contributed by atoms with E-state index in [1.54, 1.807) is 0 Å². The Morgan fingerprint density at radius 3 is 1.59 bits per heavy atom. The highest BCUT2D eigenvalue weighted by molar-refractivity contribution is 4.68. The maximum absolute atomic E-state index is 5.80. The molecular weight excluding hydrogens is 278 g/mol. The molecule has 0 amide bonds. The van der Waals surface area contributed by atoms with Gasteiger partial charge in [-0.15, -0.1) is 0 Å². The number of ether oxygens (including phenoxy) is 2. The second kappa shape index (κ2) is 11.4. The fourth-order valence-electron chi connectivity index (χ4n) is 3.53. The largest absolute Gasteiger partial charge is 0.379 e. The Morgan fingerprint density at radius 2 is 1.18 bits per heavy atom. The summed E-state index contributed by atoms with van der Waals surface area (Å²) in [6.45, 7) is 11.4. The van der Waals surface area contributed by atoms with Gasteiger partial charge in [0.2, 0.25) is 0 Å². The summed E-state index contributed by atoms with van der Waals surface area (Å²) in [7, 11) is 0. The summed E-state index contributed by atoms with van der Waals surface area (Å²) < 4.78 is 10.8. The van der Waals surface area contributed by atoms with Crippen LogP contribution in [-0.2, 0) is 9.47 Å². The van der Waals surface area contributed by atoms with E-state index >= 15 is 0 Å². The van der Waals surface area contributed by atoms with E-state index in [2.05, 4.69) is 9.80 Å². The number of nitrogens with two attached hydrogens (primary N) is 1. The molecule has 5 nitrogen and oxygen atoms in total. The number of morpholine rings is 2. The van der Waals surface area contributed by atoms with E-state index in [1.165, 1.54) is 45.2 Å². The van der Waals surface area contributed by atoms with E-state index < -0.39 is 0 Å².